The second-order valence-corrected chi connectivity index (χ2v) is 4.63. The van der Waals surface area contributed by atoms with Gasteiger partial charge in [0.15, 0.2) is 0 Å². The van der Waals surface area contributed by atoms with Gasteiger partial charge in [-0.05, 0) is 31.4 Å². The molecule has 0 aliphatic rings. The number of rotatable bonds is 6. The molecule has 0 bridgehead atoms. The fraction of sp³-hybridized carbons (Fsp3) is 0.462. The van der Waals surface area contributed by atoms with Gasteiger partial charge in [0.05, 0.1) is 11.7 Å². The number of pyridine rings is 1. The van der Waals surface area contributed by atoms with Crippen molar-refractivity contribution >= 4 is 11.9 Å². The van der Waals surface area contributed by atoms with Crippen LogP contribution in [0, 0.1) is 5.92 Å². The topological polar surface area (TPSA) is 99.5 Å². The lowest BCUT2D eigenvalue weighted by Crippen LogP contribution is -2.30. The Balaban J connectivity index is 2.58. The maximum absolute atomic E-state index is 11.8. The molecule has 0 fully saturated rings. The smallest absolute Gasteiger partial charge is 0.335 e. The van der Waals surface area contributed by atoms with E-state index in [1.807, 2.05) is 6.92 Å². The highest BCUT2D eigenvalue weighted by Crippen LogP contribution is 2.05. The summed E-state index contributed by atoms with van der Waals surface area (Å²) in [6.45, 7) is 4.01. The molecule has 0 radical (unpaired) electrons. The predicted octanol–water partition coefficient (Wildman–Crippen LogP) is 0.917. The lowest BCUT2D eigenvalue weighted by molar-refractivity contribution is 0.0696. The second-order valence-electron chi connectivity index (χ2n) is 4.63. The normalized spacial score (nSPS) is 13.6. The van der Waals surface area contributed by atoms with Crippen LogP contribution in [0.15, 0.2) is 18.3 Å². The molecule has 6 heteroatoms. The molecule has 2 unspecified atom stereocenters. The van der Waals surface area contributed by atoms with Gasteiger partial charge in [0.25, 0.3) is 5.91 Å². The van der Waals surface area contributed by atoms with Crippen LogP contribution in [0.25, 0.3) is 0 Å². The van der Waals surface area contributed by atoms with E-state index in [1.54, 1.807) is 6.92 Å². The molecular weight excluding hydrogens is 248 g/mol. The number of carbonyl (C=O) groups is 2. The van der Waals surface area contributed by atoms with Crippen LogP contribution >= 0.6 is 0 Å². The monoisotopic (exact) mass is 266 g/mol. The van der Waals surface area contributed by atoms with Gasteiger partial charge in [-0.25, -0.2) is 4.79 Å². The Morgan fingerprint density at radius 1 is 1.42 bits per heavy atom. The molecule has 1 aromatic heterocycles. The number of amides is 1. The molecule has 19 heavy (non-hydrogen) atoms. The fourth-order valence-corrected chi connectivity index (χ4v) is 1.71. The minimum Gasteiger partial charge on any atom is -0.478 e. The molecule has 6 nitrogen and oxygen atoms in total. The van der Waals surface area contributed by atoms with Crippen molar-refractivity contribution in [2.24, 2.45) is 5.92 Å². The average molecular weight is 266 g/mol. The van der Waals surface area contributed by atoms with Crippen LogP contribution in [0.5, 0.6) is 0 Å². The quantitative estimate of drug-likeness (QED) is 0.711. The minimum atomic E-state index is -1.10. The van der Waals surface area contributed by atoms with E-state index in [4.69, 9.17) is 5.11 Å². The van der Waals surface area contributed by atoms with Crippen LogP contribution in [0.4, 0.5) is 0 Å². The van der Waals surface area contributed by atoms with E-state index in [0.29, 0.717) is 13.0 Å². The number of carbonyl (C=O) groups excluding carboxylic acids is 1. The third-order valence-corrected chi connectivity index (χ3v) is 2.59. The highest BCUT2D eigenvalue weighted by Gasteiger charge is 2.12. The van der Waals surface area contributed by atoms with E-state index >= 15 is 0 Å². The number of carboxylic acids is 1. The molecule has 1 rings (SSSR count). The van der Waals surface area contributed by atoms with Crippen molar-refractivity contribution in [3.63, 3.8) is 0 Å². The van der Waals surface area contributed by atoms with Gasteiger partial charge < -0.3 is 15.5 Å². The zero-order chi connectivity index (χ0) is 14.4. The van der Waals surface area contributed by atoms with Crippen molar-refractivity contribution in [3.8, 4) is 0 Å². The van der Waals surface area contributed by atoms with Crippen molar-refractivity contribution in [3.05, 3.63) is 29.6 Å². The van der Waals surface area contributed by atoms with E-state index in [9.17, 15) is 14.7 Å². The zero-order valence-corrected chi connectivity index (χ0v) is 11.0. The first-order valence-corrected chi connectivity index (χ1v) is 6.05. The number of nitrogens with zero attached hydrogens (tertiary/aromatic N) is 1. The van der Waals surface area contributed by atoms with Crippen molar-refractivity contribution in [1.82, 2.24) is 10.3 Å². The van der Waals surface area contributed by atoms with Crippen molar-refractivity contribution in [2.45, 2.75) is 26.4 Å². The Bertz CT molecular complexity index is 460. The highest BCUT2D eigenvalue weighted by atomic mass is 16.4. The fourth-order valence-electron chi connectivity index (χ4n) is 1.71. The molecule has 104 valence electrons. The standard InChI is InChI=1S/C13H18N2O4/c1-8(5-9(2)16)7-15-12(17)11-6-10(13(18)19)3-4-14-11/h3-4,6,8-9,16H,5,7H2,1-2H3,(H,15,17)(H,18,19). The van der Waals surface area contributed by atoms with Crippen LogP contribution in [0.3, 0.4) is 0 Å². The molecule has 1 amide bonds. The number of aliphatic hydroxyl groups is 1. The Labute approximate surface area is 111 Å². The van der Waals surface area contributed by atoms with E-state index < -0.39 is 18.0 Å². The summed E-state index contributed by atoms with van der Waals surface area (Å²) in [5.41, 5.74) is 0.0984. The zero-order valence-electron chi connectivity index (χ0n) is 11.0. The van der Waals surface area contributed by atoms with E-state index in [-0.39, 0.29) is 17.2 Å². The van der Waals surface area contributed by atoms with Crippen molar-refractivity contribution in [1.29, 1.82) is 0 Å². The molecule has 0 aliphatic heterocycles. The number of carboxylic acid groups (broad SMARTS) is 1. The number of aromatic nitrogens is 1. The summed E-state index contributed by atoms with van der Waals surface area (Å²) in [6, 6.07) is 2.56. The Morgan fingerprint density at radius 3 is 2.68 bits per heavy atom. The highest BCUT2D eigenvalue weighted by molar-refractivity contribution is 5.95. The van der Waals surface area contributed by atoms with E-state index in [2.05, 4.69) is 10.3 Å². The van der Waals surface area contributed by atoms with Crippen molar-refractivity contribution in [2.75, 3.05) is 6.54 Å². The SMILES string of the molecule is CC(O)CC(C)CNC(=O)c1cc(C(=O)O)ccn1. The first kappa shape index (κ1) is 15.1. The number of aromatic carboxylic acids is 1. The van der Waals surface area contributed by atoms with Crippen molar-refractivity contribution < 1.29 is 19.8 Å². The molecular formula is C13H18N2O4. The third kappa shape index (κ3) is 5.05. The molecule has 3 N–H and O–H groups in total. The van der Waals surface area contributed by atoms with Gasteiger partial charge in [-0.15, -0.1) is 0 Å². The molecule has 0 spiro atoms. The summed E-state index contributed by atoms with van der Waals surface area (Å²) in [5, 5.41) is 20.7. The first-order valence-electron chi connectivity index (χ1n) is 6.05. The summed E-state index contributed by atoms with van der Waals surface area (Å²) in [6.07, 6.45) is 1.46. The summed E-state index contributed by atoms with van der Waals surface area (Å²) >= 11 is 0. The van der Waals surface area contributed by atoms with E-state index in [1.165, 1.54) is 18.3 Å². The third-order valence-electron chi connectivity index (χ3n) is 2.59. The first-order chi connectivity index (χ1) is 8.90. The Kier molecular flexibility index (Phi) is 5.44. The van der Waals surface area contributed by atoms with Crippen LogP contribution < -0.4 is 5.32 Å². The number of aliphatic hydroxyl groups excluding tert-OH is 1. The van der Waals surface area contributed by atoms with Crippen LogP contribution in [0.1, 0.15) is 41.1 Å². The summed E-state index contributed by atoms with van der Waals surface area (Å²) in [5.74, 6) is -1.38. The van der Waals surface area contributed by atoms with Gasteiger partial charge in [-0.2, -0.15) is 0 Å². The maximum atomic E-state index is 11.8. The van der Waals surface area contributed by atoms with Crippen LogP contribution in [-0.2, 0) is 0 Å². The van der Waals surface area contributed by atoms with E-state index in [0.717, 1.165) is 0 Å². The van der Waals surface area contributed by atoms with Crippen LogP contribution in [-0.4, -0.2) is 39.7 Å². The van der Waals surface area contributed by atoms with Gasteiger partial charge in [0, 0.05) is 12.7 Å². The Morgan fingerprint density at radius 2 is 2.11 bits per heavy atom. The van der Waals surface area contributed by atoms with Gasteiger partial charge in [0.1, 0.15) is 5.69 Å². The molecule has 2 atom stereocenters. The number of hydrogen-bond acceptors (Lipinski definition) is 4. The average Bonchev–Trinajstić information content (AvgIpc) is 2.35. The summed E-state index contributed by atoms with van der Waals surface area (Å²) in [7, 11) is 0. The minimum absolute atomic E-state index is 0.0252. The van der Waals surface area contributed by atoms with Gasteiger partial charge >= 0.3 is 5.97 Å². The largest absolute Gasteiger partial charge is 0.478 e. The van der Waals surface area contributed by atoms with Gasteiger partial charge in [-0.1, -0.05) is 6.92 Å². The predicted molar refractivity (Wildman–Crippen MR) is 69.0 cm³/mol. The second kappa shape index (κ2) is 6.84. The number of hydrogen-bond donors (Lipinski definition) is 3. The summed E-state index contributed by atoms with van der Waals surface area (Å²) < 4.78 is 0. The molecule has 0 saturated heterocycles. The number of nitrogens with one attached hydrogen (secondary N) is 1. The van der Waals surface area contributed by atoms with Gasteiger partial charge in [0.2, 0.25) is 0 Å². The lowest BCUT2D eigenvalue weighted by Gasteiger charge is -2.14. The Hall–Kier alpha value is -1.95. The molecule has 0 aliphatic carbocycles. The summed E-state index contributed by atoms with van der Waals surface area (Å²) in [4.78, 5) is 26.4. The maximum Gasteiger partial charge on any atom is 0.335 e. The van der Waals surface area contributed by atoms with Crippen LogP contribution in [0.2, 0.25) is 0 Å². The molecule has 1 heterocycles. The molecule has 0 aromatic carbocycles. The molecule has 1 aromatic rings. The van der Waals surface area contributed by atoms with Gasteiger partial charge in [-0.3, -0.25) is 9.78 Å². The molecule has 0 saturated carbocycles. The lowest BCUT2D eigenvalue weighted by atomic mass is 10.0.